The van der Waals surface area contributed by atoms with Crippen molar-refractivity contribution in [2.75, 3.05) is 6.54 Å². The first kappa shape index (κ1) is 15.7. The molecule has 2 rings (SSSR count). The predicted molar refractivity (Wildman–Crippen MR) is 88.6 cm³/mol. The fourth-order valence-electron chi connectivity index (χ4n) is 2.06. The highest BCUT2D eigenvalue weighted by atomic mass is 16.1. The van der Waals surface area contributed by atoms with E-state index < -0.39 is 0 Å². The van der Waals surface area contributed by atoms with Gasteiger partial charge in [0, 0.05) is 24.1 Å². The fourth-order valence-corrected chi connectivity index (χ4v) is 2.06. The van der Waals surface area contributed by atoms with Gasteiger partial charge in [0.15, 0.2) is 5.78 Å². The van der Waals surface area contributed by atoms with Crippen molar-refractivity contribution in [3.63, 3.8) is 0 Å². The summed E-state index contributed by atoms with van der Waals surface area (Å²) in [6.45, 7) is 5.52. The Morgan fingerprint density at radius 1 is 0.955 bits per heavy atom. The molecular formula is C19H19NO2. The predicted octanol–water partition coefficient (Wildman–Crippen LogP) is 3.62. The Hall–Kier alpha value is -2.68. The van der Waals surface area contributed by atoms with E-state index in [4.69, 9.17) is 0 Å². The summed E-state index contributed by atoms with van der Waals surface area (Å²) in [6.07, 6.45) is 0.281. The summed E-state index contributed by atoms with van der Waals surface area (Å²) in [6, 6.07) is 17.5. The van der Waals surface area contributed by atoms with Crippen molar-refractivity contribution in [3.05, 3.63) is 72.3 Å². The van der Waals surface area contributed by atoms with Gasteiger partial charge in [-0.2, -0.15) is 0 Å². The van der Waals surface area contributed by atoms with Crippen LogP contribution in [0.25, 0.3) is 11.1 Å². The van der Waals surface area contributed by atoms with Crippen molar-refractivity contribution in [1.82, 2.24) is 5.32 Å². The molecular weight excluding hydrogens is 274 g/mol. The molecule has 22 heavy (non-hydrogen) atoms. The lowest BCUT2D eigenvalue weighted by atomic mass is 10.0. The lowest BCUT2D eigenvalue weighted by Crippen LogP contribution is -2.26. The number of carbonyl (C=O) groups excluding carboxylic acids is 2. The largest absolute Gasteiger partial charge is 0.352 e. The first-order valence-electron chi connectivity index (χ1n) is 7.20. The zero-order chi connectivity index (χ0) is 15.9. The monoisotopic (exact) mass is 293 g/mol. The van der Waals surface area contributed by atoms with Gasteiger partial charge in [0.25, 0.3) is 0 Å². The minimum atomic E-state index is -0.216. The van der Waals surface area contributed by atoms with Gasteiger partial charge in [-0.3, -0.25) is 9.59 Å². The molecule has 3 heteroatoms. The van der Waals surface area contributed by atoms with Gasteiger partial charge in [-0.1, -0.05) is 61.2 Å². The highest BCUT2D eigenvalue weighted by Gasteiger charge is 2.07. The summed E-state index contributed by atoms with van der Waals surface area (Å²) in [5.74, 6) is -0.200. The van der Waals surface area contributed by atoms with Crippen LogP contribution in [0.3, 0.4) is 0 Å². The van der Waals surface area contributed by atoms with Crippen molar-refractivity contribution in [3.8, 4) is 11.1 Å². The summed E-state index contributed by atoms with van der Waals surface area (Å²) in [5.41, 5.74) is 3.30. The zero-order valence-electron chi connectivity index (χ0n) is 12.6. The summed E-state index contributed by atoms with van der Waals surface area (Å²) in [5, 5.41) is 2.66. The number of hydrogen-bond acceptors (Lipinski definition) is 2. The SMILES string of the molecule is C=C(C)C(=O)NCCC(=O)c1ccc(-c2ccccc2)cc1. The topological polar surface area (TPSA) is 46.2 Å². The molecule has 0 spiro atoms. The van der Waals surface area contributed by atoms with Crippen LogP contribution in [0.1, 0.15) is 23.7 Å². The van der Waals surface area contributed by atoms with Crippen LogP contribution in [0.2, 0.25) is 0 Å². The van der Waals surface area contributed by atoms with Crippen molar-refractivity contribution >= 4 is 11.7 Å². The second kappa shape index (κ2) is 7.36. The van der Waals surface area contributed by atoms with Gasteiger partial charge in [0.1, 0.15) is 0 Å². The lowest BCUT2D eigenvalue weighted by molar-refractivity contribution is -0.117. The molecule has 3 nitrogen and oxygen atoms in total. The van der Waals surface area contributed by atoms with Gasteiger partial charge in [0.2, 0.25) is 5.91 Å². The van der Waals surface area contributed by atoms with Crippen LogP contribution in [0.4, 0.5) is 0 Å². The van der Waals surface area contributed by atoms with E-state index in [0.29, 0.717) is 17.7 Å². The molecule has 2 aromatic carbocycles. The van der Waals surface area contributed by atoms with Crippen LogP contribution in [0.5, 0.6) is 0 Å². The van der Waals surface area contributed by atoms with E-state index >= 15 is 0 Å². The van der Waals surface area contributed by atoms with E-state index in [9.17, 15) is 9.59 Å². The van der Waals surface area contributed by atoms with Gasteiger partial charge in [-0.05, 0) is 18.1 Å². The standard InChI is InChI=1S/C19H19NO2/c1-14(2)19(22)20-13-12-18(21)17-10-8-16(9-11-17)15-6-4-3-5-7-15/h3-11H,1,12-13H2,2H3,(H,20,22). The summed E-state index contributed by atoms with van der Waals surface area (Å²) in [4.78, 5) is 23.4. The summed E-state index contributed by atoms with van der Waals surface area (Å²) >= 11 is 0. The Balaban J connectivity index is 1.94. The number of benzene rings is 2. The van der Waals surface area contributed by atoms with Crippen LogP contribution < -0.4 is 5.32 Å². The van der Waals surface area contributed by atoms with E-state index in [1.807, 2.05) is 54.6 Å². The third-order valence-electron chi connectivity index (χ3n) is 3.34. The van der Waals surface area contributed by atoms with Crippen LogP contribution in [-0.2, 0) is 4.79 Å². The molecule has 0 aromatic heterocycles. The first-order chi connectivity index (χ1) is 10.6. The Morgan fingerprint density at radius 2 is 1.55 bits per heavy atom. The second-order valence-electron chi connectivity index (χ2n) is 5.15. The van der Waals surface area contributed by atoms with Crippen molar-refractivity contribution < 1.29 is 9.59 Å². The van der Waals surface area contributed by atoms with Crippen molar-refractivity contribution in [2.24, 2.45) is 0 Å². The maximum absolute atomic E-state index is 12.1. The highest BCUT2D eigenvalue weighted by molar-refractivity contribution is 5.97. The number of Topliss-reactive ketones (excluding diaryl/α,β-unsaturated/α-hetero) is 1. The molecule has 0 aliphatic rings. The number of carbonyl (C=O) groups is 2. The first-order valence-corrected chi connectivity index (χ1v) is 7.20. The van der Waals surface area contributed by atoms with E-state index in [0.717, 1.165) is 11.1 Å². The number of hydrogen-bond donors (Lipinski definition) is 1. The van der Waals surface area contributed by atoms with E-state index in [-0.39, 0.29) is 18.1 Å². The van der Waals surface area contributed by atoms with Gasteiger partial charge in [0.05, 0.1) is 0 Å². The average Bonchev–Trinajstić information content (AvgIpc) is 2.55. The molecule has 0 heterocycles. The normalized spacial score (nSPS) is 10.0. The second-order valence-corrected chi connectivity index (χ2v) is 5.15. The Kier molecular flexibility index (Phi) is 5.26. The molecule has 0 saturated carbocycles. The van der Waals surface area contributed by atoms with Gasteiger partial charge in [-0.15, -0.1) is 0 Å². The molecule has 0 aliphatic carbocycles. The summed E-state index contributed by atoms with van der Waals surface area (Å²) in [7, 11) is 0. The molecule has 112 valence electrons. The zero-order valence-corrected chi connectivity index (χ0v) is 12.6. The smallest absolute Gasteiger partial charge is 0.246 e. The molecule has 2 aromatic rings. The van der Waals surface area contributed by atoms with E-state index in [1.165, 1.54) is 0 Å². The van der Waals surface area contributed by atoms with Crippen LogP contribution in [0, 0.1) is 0 Å². The number of ketones is 1. The molecule has 0 fully saturated rings. The van der Waals surface area contributed by atoms with Crippen LogP contribution in [-0.4, -0.2) is 18.2 Å². The molecule has 1 amide bonds. The number of amides is 1. The maximum Gasteiger partial charge on any atom is 0.246 e. The van der Waals surface area contributed by atoms with Crippen molar-refractivity contribution in [1.29, 1.82) is 0 Å². The number of nitrogens with one attached hydrogen (secondary N) is 1. The quantitative estimate of drug-likeness (QED) is 0.653. The average molecular weight is 293 g/mol. The van der Waals surface area contributed by atoms with Crippen LogP contribution in [0.15, 0.2) is 66.7 Å². The van der Waals surface area contributed by atoms with Gasteiger partial charge < -0.3 is 5.32 Å². The molecule has 0 unspecified atom stereocenters. The summed E-state index contributed by atoms with van der Waals surface area (Å²) < 4.78 is 0. The van der Waals surface area contributed by atoms with Crippen LogP contribution >= 0.6 is 0 Å². The molecule has 1 N–H and O–H groups in total. The minimum Gasteiger partial charge on any atom is -0.352 e. The van der Waals surface area contributed by atoms with Gasteiger partial charge >= 0.3 is 0 Å². The lowest BCUT2D eigenvalue weighted by Gasteiger charge is -2.06. The molecule has 0 bridgehead atoms. The molecule has 0 radical (unpaired) electrons. The van der Waals surface area contributed by atoms with Crippen molar-refractivity contribution in [2.45, 2.75) is 13.3 Å². The molecule has 0 aliphatic heterocycles. The minimum absolute atomic E-state index is 0.0154. The highest BCUT2D eigenvalue weighted by Crippen LogP contribution is 2.19. The van der Waals surface area contributed by atoms with E-state index in [1.54, 1.807) is 6.92 Å². The fraction of sp³-hybridized carbons (Fsp3) is 0.158. The molecule has 0 saturated heterocycles. The van der Waals surface area contributed by atoms with Gasteiger partial charge in [-0.25, -0.2) is 0 Å². The Labute approximate surface area is 130 Å². The third kappa shape index (κ3) is 4.16. The van der Waals surface area contributed by atoms with E-state index in [2.05, 4.69) is 11.9 Å². The maximum atomic E-state index is 12.1. The Morgan fingerprint density at radius 3 is 2.14 bits per heavy atom. The third-order valence-corrected chi connectivity index (χ3v) is 3.34. The molecule has 0 atom stereocenters. The number of rotatable bonds is 6. The Bertz CT molecular complexity index is 672.